The molecule has 2 aromatic rings. The maximum absolute atomic E-state index is 13.6. The van der Waals surface area contributed by atoms with Gasteiger partial charge in [0, 0.05) is 6.07 Å². The van der Waals surface area contributed by atoms with E-state index in [0.717, 1.165) is 0 Å². The van der Waals surface area contributed by atoms with Crippen molar-refractivity contribution in [3.05, 3.63) is 35.9 Å². The zero-order valence-electron chi connectivity index (χ0n) is 8.53. The first-order chi connectivity index (χ1) is 7.74. The molecule has 5 heteroatoms. The number of methoxy groups -OCH3 is 1. The summed E-state index contributed by atoms with van der Waals surface area (Å²) < 4.78 is 18.5. The lowest BCUT2D eigenvalue weighted by Crippen LogP contribution is -1.89. The summed E-state index contributed by atoms with van der Waals surface area (Å²) in [4.78, 5) is 17.1. The number of hydrogen-bond acceptors (Lipinski definition) is 3. The first-order valence-corrected chi connectivity index (χ1v) is 4.58. The summed E-state index contributed by atoms with van der Waals surface area (Å²) >= 11 is 0. The largest absolute Gasteiger partial charge is 0.497 e. The third-order valence-electron chi connectivity index (χ3n) is 2.15. The van der Waals surface area contributed by atoms with Crippen LogP contribution in [-0.4, -0.2) is 23.4 Å². The van der Waals surface area contributed by atoms with Crippen LogP contribution in [0.15, 0.2) is 24.4 Å². The molecule has 0 atom stereocenters. The molecule has 0 amide bonds. The highest BCUT2D eigenvalue weighted by molar-refractivity contribution is 5.73. The lowest BCUT2D eigenvalue weighted by atomic mass is 10.2. The monoisotopic (exact) mass is 220 g/mol. The lowest BCUT2D eigenvalue weighted by Gasteiger charge is -2.02. The lowest BCUT2D eigenvalue weighted by molar-refractivity contribution is 0.111. The Balaban J connectivity index is 2.43. The minimum atomic E-state index is -0.453. The number of aromatic nitrogens is 2. The fourth-order valence-corrected chi connectivity index (χ4v) is 1.35. The van der Waals surface area contributed by atoms with Gasteiger partial charge in [-0.2, -0.15) is 0 Å². The molecule has 16 heavy (non-hydrogen) atoms. The Morgan fingerprint density at radius 2 is 2.31 bits per heavy atom. The fourth-order valence-electron chi connectivity index (χ4n) is 1.35. The van der Waals surface area contributed by atoms with Crippen LogP contribution in [0, 0.1) is 5.82 Å². The van der Waals surface area contributed by atoms with Crippen molar-refractivity contribution < 1.29 is 13.9 Å². The Labute approximate surface area is 91.1 Å². The first-order valence-electron chi connectivity index (χ1n) is 4.58. The molecule has 1 N–H and O–H groups in total. The van der Waals surface area contributed by atoms with Crippen molar-refractivity contribution in [1.82, 2.24) is 9.97 Å². The van der Waals surface area contributed by atoms with Gasteiger partial charge >= 0.3 is 0 Å². The third-order valence-corrected chi connectivity index (χ3v) is 2.15. The maximum atomic E-state index is 13.6. The Bertz CT molecular complexity index is 522. The molecule has 0 fully saturated rings. The molecule has 0 bridgehead atoms. The van der Waals surface area contributed by atoms with Crippen molar-refractivity contribution in [2.75, 3.05) is 7.11 Å². The molecular weight excluding hydrogens is 211 g/mol. The molecule has 0 saturated carbocycles. The average molecular weight is 220 g/mol. The number of nitrogens with zero attached hydrogens (tertiary/aromatic N) is 1. The highest BCUT2D eigenvalue weighted by atomic mass is 19.1. The quantitative estimate of drug-likeness (QED) is 0.805. The molecule has 1 heterocycles. The smallest absolute Gasteiger partial charge is 0.167 e. The van der Waals surface area contributed by atoms with Crippen LogP contribution < -0.4 is 4.74 Å². The van der Waals surface area contributed by atoms with Crippen molar-refractivity contribution in [3.63, 3.8) is 0 Å². The number of aromatic amines is 1. The summed E-state index contributed by atoms with van der Waals surface area (Å²) in [7, 11) is 1.46. The Morgan fingerprint density at radius 1 is 1.50 bits per heavy atom. The molecule has 0 aliphatic carbocycles. The number of hydrogen-bond donors (Lipinski definition) is 1. The molecule has 82 valence electrons. The number of aldehydes is 1. The van der Waals surface area contributed by atoms with Crippen molar-refractivity contribution in [1.29, 1.82) is 0 Å². The van der Waals surface area contributed by atoms with E-state index in [0.29, 0.717) is 29.1 Å². The maximum Gasteiger partial charge on any atom is 0.167 e. The van der Waals surface area contributed by atoms with E-state index in [2.05, 4.69) is 9.97 Å². The van der Waals surface area contributed by atoms with Gasteiger partial charge in [-0.15, -0.1) is 0 Å². The number of benzene rings is 1. The first kappa shape index (κ1) is 10.4. The minimum absolute atomic E-state index is 0.300. The van der Waals surface area contributed by atoms with E-state index in [1.165, 1.54) is 19.4 Å². The van der Waals surface area contributed by atoms with Gasteiger partial charge in [0.1, 0.15) is 17.4 Å². The van der Waals surface area contributed by atoms with Crippen LogP contribution in [0.4, 0.5) is 4.39 Å². The van der Waals surface area contributed by atoms with Crippen LogP contribution in [0.3, 0.4) is 0 Å². The molecule has 0 saturated heterocycles. The molecule has 0 radical (unpaired) electrons. The van der Waals surface area contributed by atoms with Gasteiger partial charge in [0.05, 0.1) is 24.6 Å². The van der Waals surface area contributed by atoms with Crippen LogP contribution in [-0.2, 0) is 0 Å². The summed E-state index contributed by atoms with van der Waals surface area (Å²) in [6.07, 6.45) is 1.98. The van der Waals surface area contributed by atoms with Gasteiger partial charge in [0.15, 0.2) is 6.29 Å². The SMILES string of the molecule is COc1ccc(-c2ncc(C=O)[nH]2)c(F)c1. The van der Waals surface area contributed by atoms with E-state index in [9.17, 15) is 9.18 Å². The number of rotatable bonds is 3. The second-order valence-corrected chi connectivity index (χ2v) is 3.15. The van der Waals surface area contributed by atoms with Crippen LogP contribution in [0.2, 0.25) is 0 Å². The van der Waals surface area contributed by atoms with Crippen molar-refractivity contribution >= 4 is 6.29 Å². The number of carbonyl (C=O) groups excluding carboxylic acids is 1. The van der Waals surface area contributed by atoms with E-state index in [1.807, 2.05) is 0 Å². The minimum Gasteiger partial charge on any atom is -0.497 e. The number of imidazole rings is 1. The zero-order chi connectivity index (χ0) is 11.5. The van der Waals surface area contributed by atoms with Gasteiger partial charge < -0.3 is 9.72 Å². The van der Waals surface area contributed by atoms with Crippen LogP contribution >= 0.6 is 0 Å². The predicted molar refractivity (Wildman–Crippen MR) is 55.9 cm³/mol. The molecule has 1 aromatic heterocycles. The van der Waals surface area contributed by atoms with Gasteiger partial charge in [-0.1, -0.05) is 0 Å². The summed E-state index contributed by atoms with van der Waals surface area (Å²) in [5.41, 5.74) is 0.610. The molecule has 0 aliphatic rings. The van der Waals surface area contributed by atoms with E-state index < -0.39 is 5.82 Å². The molecule has 2 rings (SSSR count). The van der Waals surface area contributed by atoms with Crippen LogP contribution in [0.1, 0.15) is 10.5 Å². The predicted octanol–water partition coefficient (Wildman–Crippen LogP) is 2.04. The highest BCUT2D eigenvalue weighted by Crippen LogP contribution is 2.23. The Kier molecular flexibility index (Phi) is 2.68. The summed E-state index contributed by atoms with van der Waals surface area (Å²) in [5.74, 6) is 0.303. The van der Waals surface area contributed by atoms with Gasteiger partial charge in [-0.05, 0) is 12.1 Å². The second kappa shape index (κ2) is 4.14. The van der Waals surface area contributed by atoms with E-state index in [-0.39, 0.29) is 0 Å². The summed E-state index contributed by atoms with van der Waals surface area (Å²) in [6, 6.07) is 4.43. The molecule has 4 nitrogen and oxygen atoms in total. The number of ether oxygens (including phenoxy) is 1. The van der Waals surface area contributed by atoms with Gasteiger partial charge in [0.2, 0.25) is 0 Å². The normalized spacial score (nSPS) is 10.1. The van der Waals surface area contributed by atoms with E-state index in [1.54, 1.807) is 12.1 Å². The van der Waals surface area contributed by atoms with E-state index >= 15 is 0 Å². The standard InChI is InChI=1S/C11H9FN2O2/c1-16-8-2-3-9(10(12)4-8)11-13-5-7(6-15)14-11/h2-6H,1H3,(H,13,14). The molecule has 1 aromatic carbocycles. The number of carbonyl (C=O) groups is 1. The Hall–Kier alpha value is -2.17. The fraction of sp³-hybridized carbons (Fsp3) is 0.0909. The molecule has 0 aliphatic heterocycles. The van der Waals surface area contributed by atoms with Crippen LogP contribution in [0.25, 0.3) is 11.4 Å². The van der Waals surface area contributed by atoms with Crippen molar-refractivity contribution in [2.45, 2.75) is 0 Å². The second-order valence-electron chi connectivity index (χ2n) is 3.15. The van der Waals surface area contributed by atoms with Gasteiger partial charge in [-0.25, -0.2) is 9.37 Å². The van der Waals surface area contributed by atoms with Crippen LogP contribution in [0.5, 0.6) is 5.75 Å². The molecular formula is C11H9FN2O2. The number of nitrogens with one attached hydrogen (secondary N) is 1. The summed E-state index contributed by atoms with van der Waals surface area (Å²) in [6.45, 7) is 0. The third kappa shape index (κ3) is 1.79. The van der Waals surface area contributed by atoms with Gasteiger partial charge in [0.25, 0.3) is 0 Å². The van der Waals surface area contributed by atoms with Gasteiger partial charge in [-0.3, -0.25) is 4.79 Å². The number of halogens is 1. The van der Waals surface area contributed by atoms with E-state index in [4.69, 9.17) is 4.74 Å². The average Bonchev–Trinajstić information content (AvgIpc) is 2.77. The number of H-pyrrole nitrogens is 1. The Morgan fingerprint density at radius 3 is 2.88 bits per heavy atom. The molecule has 0 spiro atoms. The summed E-state index contributed by atoms with van der Waals surface area (Å²) in [5, 5.41) is 0. The van der Waals surface area contributed by atoms with Crippen molar-refractivity contribution in [2.24, 2.45) is 0 Å². The van der Waals surface area contributed by atoms with Crippen molar-refractivity contribution in [3.8, 4) is 17.1 Å². The molecule has 0 unspecified atom stereocenters. The zero-order valence-corrected chi connectivity index (χ0v) is 8.53. The topological polar surface area (TPSA) is 55.0 Å². The highest BCUT2D eigenvalue weighted by Gasteiger charge is 2.09.